The molecule has 0 atom stereocenters. The molecule has 1 aromatic heterocycles. The van der Waals surface area contributed by atoms with Crippen LogP contribution >= 0.6 is 12.4 Å². The van der Waals surface area contributed by atoms with E-state index >= 15 is 0 Å². The monoisotopic (exact) mass is 365 g/mol. The number of nitrogens with zero attached hydrogens (tertiary/aromatic N) is 2. The summed E-state index contributed by atoms with van der Waals surface area (Å²) >= 11 is 0. The summed E-state index contributed by atoms with van der Waals surface area (Å²) in [7, 11) is 1.51. The van der Waals surface area contributed by atoms with Crippen LogP contribution in [0.15, 0.2) is 39.5 Å². The molecule has 0 bridgehead atoms. The molecule has 1 fully saturated rings. The first-order chi connectivity index (χ1) is 11.6. The highest BCUT2D eigenvalue weighted by Crippen LogP contribution is 2.13. The SMILES string of the molecule is CN(CC(=O)N1CCNCC1)C(=O)c1cc2ccccc2oc1=O.Cl. The van der Waals surface area contributed by atoms with E-state index in [2.05, 4.69) is 5.32 Å². The van der Waals surface area contributed by atoms with Gasteiger partial charge in [0.2, 0.25) is 5.91 Å². The number of carbonyl (C=O) groups is 2. The summed E-state index contributed by atoms with van der Waals surface area (Å²) in [5, 5.41) is 3.84. The molecule has 3 rings (SSSR count). The summed E-state index contributed by atoms with van der Waals surface area (Å²) < 4.78 is 5.18. The molecule has 25 heavy (non-hydrogen) atoms. The molecular weight excluding hydrogens is 346 g/mol. The number of hydrogen-bond acceptors (Lipinski definition) is 5. The lowest BCUT2D eigenvalue weighted by Gasteiger charge is -2.29. The quantitative estimate of drug-likeness (QED) is 0.810. The Morgan fingerprint density at radius 1 is 1.24 bits per heavy atom. The van der Waals surface area contributed by atoms with Crippen LogP contribution in [-0.4, -0.2) is 61.4 Å². The van der Waals surface area contributed by atoms with E-state index in [0.29, 0.717) is 24.1 Å². The molecule has 1 saturated heterocycles. The van der Waals surface area contributed by atoms with Crippen molar-refractivity contribution in [2.75, 3.05) is 39.8 Å². The van der Waals surface area contributed by atoms with E-state index in [4.69, 9.17) is 4.42 Å². The Balaban J connectivity index is 0.00000225. The molecule has 0 spiro atoms. The van der Waals surface area contributed by atoms with Gasteiger partial charge in [0.05, 0.1) is 6.54 Å². The van der Waals surface area contributed by atoms with Crippen molar-refractivity contribution in [3.63, 3.8) is 0 Å². The van der Waals surface area contributed by atoms with E-state index < -0.39 is 11.5 Å². The van der Waals surface area contributed by atoms with Crippen LogP contribution in [0, 0.1) is 0 Å². The lowest BCUT2D eigenvalue weighted by atomic mass is 10.1. The van der Waals surface area contributed by atoms with Crippen LogP contribution in [0.5, 0.6) is 0 Å². The van der Waals surface area contributed by atoms with Crippen LogP contribution in [0.1, 0.15) is 10.4 Å². The van der Waals surface area contributed by atoms with Crippen molar-refractivity contribution in [3.05, 3.63) is 46.3 Å². The van der Waals surface area contributed by atoms with Gasteiger partial charge in [-0.1, -0.05) is 18.2 Å². The molecule has 1 aromatic carbocycles. The van der Waals surface area contributed by atoms with Crippen molar-refractivity contribution in [1.82, 2.24) is 15.1 Å². The van der Waals surface area contributed by atoms with Gasteiger partial charge in [-0.05, 0) is 12.1 Å². The highest BCUT2D eigenvalue weighted by atomic mass is 35.5. The van der Waals surface area contributed by atoms with Crippen molar-refractivity contribution in [2.45, 2.75) is 0 Å². The fourth-order valence-corrected chi connectivity index (χ4v) is 2.71. The van der Waals surface area contributed by atoms with E-state index in [1.54, 1.807) is 29.2 Å². The maximum atomic E-state index is 12.5. The van der Waals surface area contributed by atoms with Gasteiger partial charge >= 0.3 is 5.63 Å². The molecule has 134 valence electrons. The maximum Gasteiger partial charge on any atom is 0.349 e. The number of fused-ring (bicyclic) bond motifs is 1. The van der Waals surface area contributed by atoms with Crippen LogP contribution in [-0.2, 0) is 4.79 Å². The zero-order valence-electron chi connectivity index (χ0n) is 13.9. The number of piperazine rings is 1. The average Bonchev–Trinajstić information content (AvgIpc) is 2.61. The summed E-state index contributed by atoms with van der Waals surface area (Å²) in [5.74, 6) is -0.643. The zero-order chi connectivity index (χ0) is 17.1. The Bertz CT molecular complexity index is 830. The van der Waals surface area contributed by atoms with E-state index in [1.165, 1.54) is 18.0 Å². The molecule has 1 aliphatic rings. The van der Waals surface area contributed by atoms with Gasteiger partial charge in [-0.15, -0.1) is 12.4 Å². The molecule has 0 aliphatic carbocycles. The lowest BCUT2D eigenvalue weighted by molar-refractivity contribution is -0.132. The number of benzene rings is 1. The second kappa shape index (κ2) is 8.13. The number of amides is 2. The van der Waals surface area contributed by atoms with Crippen molar-refractivity contribution in [1.29, 1.82) is 0 Å². The number of rotatable bonds is 3. The van der Waals surface area contributed by atoms with Crippen molar-refractivity contribution < 1.29 is 14.0 Å². The second-order valence-electron chi connectivity index (χ2n) is 5.78. The van der Waals surface area contributed by atoms with Gasteiger partial charge in [0.1, 0.15) is 11.1 Å². The first kappa shape index (κ1) is 19.0. The first-order valence-electron chi connectivity index (χ1n) is 7.83. The van der Waals surface area contributed by atoms with Gasteiger partial charge in [0.15, 0.2) is 0 Å². The first-order valence-corrected chi connectivity index (χ1v) is 7.83. The smallest absolute Gasteiger partial charge is 0.349 e. The van der Waals surface area contributed by atoms with Gasteiger partial charge in [0, 0.05) is 38.6 Å². The Morgan fingerprint density at radius 3 is 2.64 bits per heavy atom. The predicted molar refractivity (Wildman–Crippen MR) is 96.1 cm³/mol. The Kier molecular flexibility index (Phi) is 6.17. The molecule has 2 amide bonds. The minimum Gasteiger partial charge on any atom is -0.422 e. The van der Waals surface area contributed by atoms with Gasteiger partial charge in [0.25, 0.3) is 5.91 Å². The summed E-state index contributed by atoms with van der Waals surface area (Å²) in [4.78, 5) is 39.8. The molecule has 0 unspecified atom stereocenters. The number of nitrogens with one attached hydrogen (secondary N) is 1. The topological polar surface area (TPSA) is 82.9 Å². The van der Waals surface area contributed by atoms with Crippen LogP contribution in [0.3, 0.4) is 0 Å². The minimum atomic E-state index is -0.694. The Hall–Kier alpha value is -2.38. The minimum absolute atomic E-state index is 0. The third-order valence-corrected chi connectivity index (χ3v) is 4.06. The molecular formula is C17H20ClN3O4. The van der Waals surface area contributed by atoms with E-state index in [0.717, 1.165) is 13.1 Å². The van der Waals surface area contributed by atoms with Gasteiger partial charge < -0.3 is 19.5 Å². The number of likely N-dealkylation sites (N-methyl/N-ethyl adjacent to an activating group) is 1. The van der Waals surface area contributed by atoms with Crippen LogP contribution in [0.25, 0.3) is 11.0 Å². The number of para-hydroxylation sites is 1. The third kappa shape index (κ3) is 4.18. The maximum absolute atomic E-state index is 12.5. The highest BCUT2D eigenvalue weighted by Gasteiger charge is 2.23. The lowest BCUT2D eigenvalue weighted by Crippen LogP contribution is -2.50. The average molecular weight is 366 g/mol. The molecule has 1 N–H and O–H groups in total. The van der Waals surface area contributed by atoms with Gasteiger partial charge in [-0.25, -0.2) is 4.79 Å². The van der Waals surface area contributed by atoms with Gasteiger partial charge in [-0.3, -0.25) is 9.59 Å². The molecule has 8 heteroatoms. The summed E-state index contributed by atoms with van der Waals surface area (Å²) in [6.07, 6.45) is 0. The van der Waals surface area contributed by atoms with Crippen LogP contribution in [0.4, 0.5) is 0 Å². The van der Waals surface area contributed by atoms with Crippen molar-refractivity contribution in [2.24, 2.45) is 0 Å². The highest BCUT2D eigenvalue weighted by molar-refractivity contribution is 5.98. The Labute approximate surface area is 151 Å². The third-order valence-electron chi connectivity index (χ3n) is 4.06. The standard InChI is InChI=1S/C17H19N3O4.ClH/c1-19(11-15(21)20-8-6-18-7-9-20)16(22)13-10-12-4-2-3-5-14(12)24-17(13)23;/h2-5,10,18H,6-9,11H2,1H3;1H. The molecule has 1 aliphatic heterocycles. The van der Waals surface area contributed by atoms with E-state index in [-0.39, 0.29) is 30.4 Å². The number of hydrogen-bond donors (Lipinski definition) is 1. The number of carbonyl (C=O) groups excluding carboxylic acids is 2. The van der Waals surface area contributed by atoms with Crippen LogP contribution in [0.2, 0.25) is 0 Å². The zero-order valence-corrected chi connectivity index (χ0v) is 14.7. The molecule has 7 nitrogen and oxygen atoms in total. The normalized spacial score (nSPS) is 14.0. The second-order valence-corrected chi connectivity index (χ2v) is 5.78. The number of halogens is 1. The van der Waals surface area contributed by atoms with E-state index in [9.17, 15) is 14.4 Å². The van der Waals surface area contributed by atoms with Crippen molar-refractivity contribution in [3.8, 4) is 0 Å². The Morgan fingerprint density at radius 2 is 1.92 bits per heavy atom. The fourth-order valence-electron chi connectivity index (χ4n) is 2.71. The van der Waals surface area contributed by atoms with E-state index in [1.807, 2.05) is 0 Å². The van der Waals surface area contributed by atoms with Crippen molar-refractivity contribution >= 4 is 35.2 Å². The largest absolute Gasteiger partial charge is 0.422 e. The molecule has 2 heterocycles. The summed E-state index contributed by atoms with van der Waals surface area (Å²) in [6.45, 7) is 2.68. The molecule has 2 aromatic rings. The molecule has 0 radical (unpaired) electrons. The predicted octanol–water partition coefficient (Wildman–Crippen LogP) is 0.719. The summed E-state index contributed by atoms with van der Waals surface area (Å²) in [5.41, 5.74) is -0.330. The fraction of sp³-hybridized carbons (Fsp3) is 0.353. The van der Waals surface area contributed by atoms with Gasteiger partial charge in [-0.2, -0.15) is 0 Å². The summed E-state index contributed by atoms with van der Waals surface area (Å²) in [6, 6.07) is 8.50. The molecule has 0 saturated carbocycles. The van der Waals surface area contributed by atoms with Crippen LogP contribution < -0.4 is 10.9 Å².